The standard InChI is InChI=1S/C18H16F2N8O/c1-9(11-5-4-10(19)7-12(11)20)22-17-24-16(21)25-18(26-17)23-15-8-13(27-28-15)14-3-2-6-29-14/h2-9H,1H3,(H5,21,22,23,24,25,26,27,28). The highest BCUT2D eigenvalue weighted by atomic mass is 19.1. The molecule has 5 N–H and O–H groups in total. The van der Waals surface area contributed by atoms with Crippen molar-refractivity contribution in [1.29, 1.82) is 0 Å². The molecule has 1 atom stereocenters. The molecule has 0 radical (unpaired) electrons. The van der Waals surface area contributed by atoms with Crippen molar-refractivity contribution in [3.63, 3.8) is 0 Å². The zero-order valence-electron chi connectivity index (χ0n) is 15.1. The molecule has 1 unspecified atom stereocenters. The average molecular weight is 398 g/mol. The van der Waals surface area contributed by atoms with E-state index in [0.29, 0.717) is 17.3 Å². The van der Waals surface area contributed by atoms with Gasteiger partial charge >= 0.3 is 0 Å². The number of hydrogen-bond donors (Lipinski definition) is 4. The molecule has 3 heterocycles. The van der Waals surface area contributed by atoms with Crippen molar-refractivity contribution in [2.45, 2.75) is 13.0 Å². The van der Waals surface area contributed by atoms with E-state index in [2.05, 4.69) is 35.8 Å². The van der Waals surface area contributed by atoms with Crippen molar-refractivity contribution < 1.29 is 13.2 Å². The largest absolute Gasteiger partial charge is 0.463 e. The predicted octanol–water partition coefficient (Wildman–Crippen LogP) is 3.63. The topological polar surface area (TPSA) is 131 Å². The number of furan rings is 1. The van der Waals surface area contributed by atoms with Crippen LogP contribution in [-0.4, -0.2) is 25.1 Å². The fourth-order valence-corrected chi connectivity index (χ4v) is 2.70. The third-order valence-corrected chi connectivity index (χ3v) is 4.03. The molecule has 3 aromatic heterocycles. The minimum absolute atomic E-state index is 0.0430. The van der Waals surface area contributed by atoms with Gasteiger partial charge in [0.1, 0.15) is 17.3 Å². The lowest BCUT2D eigenvalue weighted by atomic mass is 10.1. The fraction of sp³-hybridized carbons (Fsp3) is 0.111. The Kier molecular flexibility index (Phi) is 4.77. The summed E-state index contributed by atoms with van der Waals surface area (Å²) in [5, 5.41) is 12.8. The number of anilines is 4. The fourth-order valence-electron chi connectivity index (χ4n) is 2.70. The highest BCUT2D eigenvalue weighted by molar-refractivity contribution is 5.60. The van der Waals surface area contributed by atoms with Crippen molar-refractivity contribution in [1.82, 2.24) is 25.1 Å². The summed E-state index contributed by atoms with van der Waals surface area (Å²) in [5.41, 5.74) is 6.68. The molecule has 0 amide bonds. The van der Waals surface area contributed by atoms with Gasteiger partial charge in [-0.05, 0) is 25.1 Å². The molecule has 29 heavy (non-hydrogen) atoms. The summed E-state index contributed by atoms with van der Waals surface area (Å²) in [4.78, 5) is 12.2. The number of nitrogen functional groups attached to an aromatic ring is 1. The lowest BCUT2D eigenvalue weighted by Gasteiger charge is -2.15. The maximum absolute atomic E-state index is 14.0. The van der Waals surface area contributed by atoms with Gasteiger partial charge in [0.05, 0.1) is 12.3 Å². The Labute approximate surface area is 163 Å². The van der Waals surface area contributed by atoms with E-state index >= 15 is 0 Å². The van der Waals surface area contributed by atoms with Gasteiger partial charge in [-0.25, -0.2) is 8.78 Å². The maximum atomic E-state index is 14.0. The van der Waals surface area contributed by atoms with Gasteiger partial charge < -0.3 is 20.8 Å². The third-order valence-electron chi connectivity index (χ3n) is 4.03. The first-order valence-corrected chi connectivity index (χ1v) is 8.57. The van der Waals surface area contributed by atoms with E-state index in [4.69, 9.17) is 10.2 Å². The Balaban J connectivity index is 1.51. The van der Waals surface area contributed by atoms with Gasteiger partial charge in [-0.15, -0.1) is 0 Å². The SMILES string of the molecule is CC(Nc1nc(N)nc(Nc2cc(-c3ccco3)[nH]n2)n1)c1ccc(F)cc1F. The first kappa shape index (κ1) is 18.3. The third kappa shape index (κ3) is 4.13. The Morgan fingerprint density at radius 2 is 1.93 bits per heavy atom. The molecule has 4 rings (SSSR count). The first-order valence-electron chi connectivity index (χ1n) is 8.57. The van der Waals surface area contributed by atoms with Crippen LogP contribution < -0.4 is 16.4 Å². The number of aromatic nitrogens is 5. The molecule has 148 valence electrons. The molecular weight excluding hydrogens is 382 g/mol. The summed E-state index contributed by atoms with van der Waals surface area (Å²) in [6.45, 7) is 1.69. The molecule has 0 aliphatic carbocycles. The summed E-state index contributed by atoms with van der Waals surface area (Å²) >= 11 is 0. The van der Waals surface area contributed by atoms with Crippen molar-refractivity contribution >= 4 is 23.7 Å². The van der Waals surface area contributed by atoms with Gasteiger partial charge in [-0.3, -0.25) is 5.10 Å². The highest BCUT2D eigenvalue weighted by Crippen LogP contribution is 2.23. The molecule has 0 aliphatic heterocycles. The van der Waals surface area contributed by atoms with Crippen LogP contribution in [-0.2, 0) is 0 Å². The minimum atomic E-state index is -0.674. The minimum Gasteiger partial charge on any atom is -0.463 e. The summed E-state index contributed by atoms with van der Waals surface area (Å²) in [6.07, 6.45) is 1.55. The van der Waals surface area contributed by atoms with E-state index in [9.17, 15) is 8.78 Å². The van der Waals surface area contributed by atoms with Gasteiger partial charge in [0.2, 0.25) is 17.8 Å². The second-order valence-corrected chi connectivity index (χ2v) is 6.14. The normalized spacial score (nSPS) is 12.0. The summed E-state index contributed by atoms with van der Waals surface area (Å²) in [7, 11) is 0. The first-order chi connectivity index (χ1) is 14.0. The summed E-state index contributed by atoms with van der Waals surface area (Å²) in [5.74, 6) is -0.0423. The average Bonchev–Trinajstić information content (AvgIpc) is 3.32. The van der Waals surface area contributed by atoms with E-state index in [0.717, 1.165) is 6.07 Å². The van der Waals surface area contributed by atoms with Crippen LogP contribution in [0.15, 0.2) is 47.1 Å². The summed E-state index contributed by atoms with van der Waals surface area (Å²) in [6, 6.07) is 8.07. The van der Waals surface area contributed by atoms with Crippen LogP contribution in [0.3, 0.4) is 0 Å². The number of rotatable bonds is 6. The molecule has 0 saturated carbocycles. The van der Waals surface area contributed by atoms with Crippen LogP contribution in [0.4, 0.5) is 32.4 Å². The monoisotopic (exact) mass is 398 g/mol. The molecule has 1 aromatic carbocycles. The summed E-state index contributed by atoms with van der Waals surface area (Å²) < 4.78 is 32.4. The Bertz CT molecular complexity index is 1130. The molecule has 0 saturated heterocycles. The lowest BCUT2D eigenvalue weighted by Crippen LogP contribution is -2.14. The maximum Gasteiger partial charge on any atom is 0.235 e. The number of nitrogens with two attached hydrogens (primary N) is 1. The molecule has 0 aliphatic rings. The Morgan fingerprint density at radius 1 is 1.10 bits per heavy atom. The number of nitrogens with zero attached hydrogens (tertiary/aromatic N) is 4. The van der Waals surface area contributed by atoms with E-state index in [1.807, 2.05) is 0 Å². The van der Waals surface area contributed by atoms with Gasteiger partial charge in [-0.1, -0.05) is 6.07 Å². The number of H-pyrrole nitrogens is 1. The second-order valence-electron chi connectivity index (χ2n) is 6.14. The number of nitrogens with one attached hydrogen (secondary N) is 3. The Morgan fingerprint density at radius 3 is 2.69 bits per heavy atom. The lowest BCUT2D eigenvalue weighted by molar-refractivity contribution is 0.566. The number of hydrogen-bond acceptors (Lipinski definition) is 8. The number of aromatic amines is 1. The second kappa shape index (κ2) is 7.54. The highest BCUT2D eigenvalue weighted by Gasteiger charge is 2.15. The molecule has 0 spiro atoms. The van der Waals surface area contributed by atoms with Crippen LogP contribution in [0.25, 0.3) is 11.5 Å². The molecule has 11 heteroatoms. The quantitative estimate of drug-likeness (QED) is 0.387. The number of halogens is 2. The zero-order chi connectivity index (χ0) is 20.4. The van der Waals surface area contributed by atoms with E-state index in [1.54, 1.807) is 31.4 Å². The Hall–Kier alpha value is -4.02. The van der Waals surface area contributed by atoms with Gasteiger partial charge in [0.25, 0.3) is 0 Å². The molecule has 4 aromatic rings. The number of benzene rings is 1. The molecule has 9 nitrogen and oxygen atoms in total. The van der Waals surface area contributed by atoms with Gasteiger partial charge in [-0.2, -0.15) is 20.1 Å². The smallest absolute Gasteiger partial charge is 0.235 e. The molecule has 0 fully saturated rings. The van der Waals surface area contributed by atoms with Gasteiger partial charge in [0, 0.05) is 17.7 Å². The van der Waals surface area contributed by atoms with Crippen LogP contribution >= 0.6 is 0 Å². The van der Waals surface area contributed by atoms with Crippen molar-refractivity contribution in [3.8, 4) is 11.5 Å². The molecular formula is C18H16F2N8O. The van der Waals surface area contributed by atoms with Crippen LogP contribution in [0.1, 0.15) is 18.5 Å². The van der Waals surface area contributed by atoms with E-state index in [-0.39, 0.29) is 23.4 Å². The van der Waals surface area contributed by atoms with Crippen molar-refractivity contribution in [2.24, 2.45) is 0 Å². The molecule has 0 bridgehead atoms. The zero-order valence-corrected chi connectivity index (χ0v) is 15.1. The van der Waals surface area contributed by atoms with E-state index in [1.165, 1.54) is 12.1 Å². The van der Waals surface area contributed by atoms with Crippen molar-refractivity contribution in [2.75, 3.05) is 16.4 Å². The van der Waals surface area contributed by atoms with Crippen LogP contribution in [0.5, 0.6) is 0 Å². The predicted molar refractivity (Wildman–Crippen MR) is 102 cm³/mol. The van der Waals surface area contributed by atoms with E-state index < -0.39 is 17.7 Å². The van der Waals surface area contributed by atoms with Gasteiger partial charge in [0.15, 0.2) is 11.6 Å². The van der Waals surface area contributed by atoms with Crippen LogP contribution in [0, 0.1) is 11.6 Å². The van der Waals surface area contributed by atoms with Crippen LogP contribution in [0.2, 0.25) is 0 Å². The van der Waals surface area contributed by atoms with Crippen molar-refractivity contribution in [3.05, 3.63) is 59.9 Å².